The Balaban J connectivity index is 2.13. The van der Waals surface area contributed by atoms with Crippen LogP contribution < -0.4 is 0 Å². The van der Waals surface area contributed by atoms with Crippen LogP contribution in [0.25, 0.3) is 16.3 Å². The minimum absolute atomic E-state index is 0.590. The third kappa shape index (κ3) is 2.88. The summed E-state index contributed by atoms with van der Waals surface area (Å²) in [4.78, 5) is 12.3. The molecule has 0 aliphatic carbocycles. The van der Waals surface area contributed by atoms with Gasteiger partial charge in [0.15, 0.2) is 6.29 Å². The third-order valence-corrected chi connectivity index (χ3v) is 5.21. The van der Waals surface area contributed by atoms with Gasteiger partial charge in [-0.25, -0.2) is 4.68 Å². The van der Waals surface area contributed by atoms with Crippen molar-refractivity contribution >= 4 is 49.5 Å². The van der Waals surface area contributed by atoms with Gasteiger partial charge in [0.05, 0.1) is 19.9 Å². The number of aldehydes is 1. The molecule has 1 aromatic carbocycles. The maximum atomic E-state index is 11.3. The number of carbonyl (C=O) groups excluding carboxylic acids is 1. The van der Waals surface area contributed by atoms with E-state index in [9.17, 15) is 4.79 Å². The zero-order valence-corrected chi connectivity index (χ0v) is 15.0. The minimum Gasteiger partial charge on any atom is -0.298 e. The van der Waals surface area contributed by atoms with E-state index in [4.69, 9.17) is 0 Å². The van der Waals surface area contributed by atoms with Gasteiger partial charge in [-0.05, 0) is 58.7 Å². The van der Waals surface area contributed by atoms with E-state index in [0.29, 0.717) is 11.3 Å². The summed E-state index contributed by atoms with van der Waals surface area (Å²) in [5.74, 6) is 0. The highest BCUT2D eigenvalue weighted by molar-refractivity contribution is 9.11. The van der Waals surface area contributed by atoms with Gasteiger partial charge in [0.25, 0.3) is 0 Å². The predicted molar refractivity (Wildman–Crippen MR) is 92.4 cm³/mol. The Kier molecular flexibility index (Phi) is 4.10. The number of benzene rings is 1. The van der Waals surface area contributed by atoms with Crippen LogP contribution in [-0.2, 0) is 0 Å². The minimum atomic E-state index is 0.590. The highest BCUT2D eigenvalue weighted by Crippen LogP contribution is 2.32. The van der Waals surface area contributed by atoms with E-state index in [0.717, 1.165) is 30.7 Å². The van der Waals surface area contributed by atoms with Gasteiger partial charge in [0.1, 0.15) is 5.69 Å². The quantitative estimate of drug-likeness (QED) is 0.537. The lowest BCUT2D eigenvalue weighted by molar-refractivity contribution is 0.112. The fourth-order valence-corrected chi connectivity index (χ4v) is 3.97. The maximum absolute atomic E-state index is 11.3. The highest BCUT2D eigenvalue weighted by atomic mass is 79.9. The Bertz CT molecular complexity index is 823. The third-order valence-electron chi connectivity index (χ3n) is 3.08. The molecular weight excluding hydrogens is 416 g/mol. The van der Waals surface area contributed by atoms with Gasteiger partial charge in [-0.15, -0.1) is 11.3 Å². The Hall–Kier alpha value is -1.24. The molecule has 0 radical (unpaired) electrons. The Labute approximate surface area is 142 Å². The largest absolute Gasteiger partial charge is 0.298 e. The number of aromatic nitrogens is 2. The van der Waals surface area contributed by atoms with Gasteiger partial charge in [-0.2, -0.15) is 5.10 Å². The van der Waals surface area contributed by atoms with Gasteiger partial charge in [-0.3, -0.25) is 4.79 Å². The van der Waals surface area contributed by atoms with Crippen molar-refractivity contribution in [3.05, 3.63) is 55.9 Å². The Morgan fingerprint density at radius 2 is 2.05 bits per heavy atom. The molecule has 0 bridgehead atoms. The smallest absolute Gasteiger partial charge is 0.153 e. The van der Waals surface area contributed by atoms with Crippen LogP contribution in [0.4, 0.5) is 0 Å². The standard InChI is InChI=1S/C15H10Br2N2OS/c1-9-6-11(16)2-3-12(9)19-7-10(8-20)15(18-19)13-4-5-14(17)21-13/h2-8H,1H3. The molecule has 106 valence electrons. The van der Waals surface area contributed by atoms with E-state index in [2.05, 4.69) is 37.0 Å². The summed E-state index contributed by atoms with van der Waals surface area (Å²) in [6.45, 7) is 2.02. The number of thiophene rings is 1. The molecule has 0 spiro atoms. The van der Waals surface area contributed by atoms with Gasteiger partial charge in [-0.1, -0.05) is 15.9 Å². The van der Waals surface area contributed by atoms with Crippen LogP contribution in [0.1, 0.15) is 15.9 Å². The second-order valence-electron chi connectivity index (χ2n) is 4.53. The van der Waals surface area contributed by atoms with Crippen LogP contribution >= 0.6 is 43.2 Å². The molecule has 0 aliphatic heterocycles. The summed E-state index contributed by atoms with van der Waals surface area (Å²) in [5, 5.41) is 4.59. The first-order valence-corrected chi connectivity index (χ1v) is 8.56. The summed E-state index contributed by atoms with van der Waals surface area (Å²) in [6.07, 6.45) is 2.62. The van der Waals surface area contributed by atoms with E-state index < -0.39 is 0 Å². The van der Waals surface area contributed by atoms with Gasteiger partial charge < -0.3 is 0 Å². The summed E-state index contributed by atoms with van der Waals surface area (Å²) in [5.41, 5.74) is 3.35. The van der Waals surface area contributed by atoms with Crippen LogP contribution in [-0.4, -0.2) is 16.1 Å². The molecule has 3 aromatic rings. The fourth-order valence-electron chi connectivity index (χ4n) is 2.11. The summed E-state index contributed by atoms with van der Waals surface area (Å²) < 4.78 is 3.80. The number of carbonyl (C=O) groups is 1. The van der Waals surface area contributed by atoms with Crippen molar-refractivity contribution in [3.63, 3.8) is 0 Å². The number of halogens is 2. The molecule has 0 fully saturated rings. The predicted octanol–water partition coefficient (Wildman–Crippen LogP) is 5.25. The molecule has 3 nitrogen and oxygen atoms in total. The van der Waals surface area contributed by atoms with E-state index in [1.807, 2.05) is 37.3 Å². The van der Waals surface area contributed by atoms with Crippen molar-refractivity contribution in [1.29, 1.82) is 0 Å². The van der Waals surface area contributed by atoms with Gasteiger partial charge in [0.2, 0.25) is 0 Å². The second-order valence-corrected chi connectivity index (χ2v) is 7.91. The molecule has 0 N–H and O–H groups in total. The maximum Gasteiger partial charge on any atom is 0.153 e. The van der Waals surface area contributed by atoms with E-state index in [1.165, 1.54) is 0 Å². The molecule has 21 heavy (non-hydrogen) atoms. The van der Waals surface area contributed by atoms with Crippen molar-refractivity contribution in [3.8, 4) is 16.3 Å². The van der Waals surface area contributed by atoms with Crippen LogP contribution in [0.3, 0.4) is 0 Å². The van der Waals surface area contributed by atoms with Crippen molar-refractivity contribution < 1.29 is 4.79 Å². The number of hydrogen-bond donors (Lipinski definition) is 0. The first kappa shape index (κ1) is 14.7. The molecule has 0 unspecified atom stereocenters. The van der Waals surface area contributed by atoms with Crippen molar-refractivity contribution in [2.45, 2.75) is 6.92 Å². The van der Waals surface area contributed by atoms with Gasteiger partial charge >= 0.3 is 0 Å². The van der Waals surface area contributed by atoms with Crippen molar-refractivity contribution in [2.75, 3.05) is 0 Å². The van der Waals surface area contributed by atoms with E-state index >= 15 is 0 Å². The SMILES string of the molecule is Cc1cc(Br)ccc1-n1cc(C=O)c(-c2ccc(Br)s2)n1. The zero-order valence-electron chi connectivity index (χ0n) is 11.0. The lowest BCUT2D eigenvalue weighted by Gasteiger charge is -2.05. The molecule has 2 heterocycles. The molecule has 0 aliphatic rings. The number of rotatable bonds is 3. The summed E-state index contributed by atoms with van der Waals surface area (Å²) in [7, 11) is 0. The molecule has 0 amide bonds. The van der Waals surface area contributed by atoms with Crippen LogP contribution in [0.2, 0.25) is 0 Å². The van der Waals surface area contributed by atoms with E-state index in [-0.39, 0.29) is 0 Å². The molecule has 6 heteroatoms. The first-order chi connectivity index (χ1) is 10.1. The zero-order chi connectivity index (χ0) is 15.0. The Morgan fingerprint density at radius 3 is 2.67 bits per heavy atom. The molecule has 0 atom stereocenters. The number of hydrogen-bond acceptors (Lipinski definition) is 3. The lowest BCUT2D eigenvalue weighted by atomic mass is 10.2. The average Bonchev–Trinajstić information content (AvgIpc) is 3.04. The van der Waals surface area contributed by atoms with Crippen LogP contribution in [0, 0.1) is 6.92 Å². The molecule has 0 saturated carbocycles. The monoisotopic (exact) mass is 424 g/mol. The molecular formula is C15H10Br2N2OS. The normalized spacial score (nSPS) is 10.8. The number of aryl methyl sites for hydroxylation is 1. The molecule has 0 saturated heterocycles. The first-order valence-electron chi connectivity index (χ1n) is 6.15. The summed E-state index contributed by atoms with van der Waals surface area (Å²) in [6, 6.07) is 9.89. The number of nitrogens with zero attached hydrogens (tertiary/aromatic N) is 2. The molecule has 2 aromatic heterocycles. The molecule has 3 rings (SSSR count). The average molecular weight is 426 g/mol. The van der Waals surface area contributed by atoms with Crippen molar-refractivity contribution in [1.82, 2.24) is 9.78 Å². The van der Waals surface area contributed by atoms with E-state index in [1.54, 1.807) is 22.2 Å². The van der Waals surface area contributed by atoms with Crippen molar-refractivity contribution in [2.24, 2.45) is 0 Å². The topological polar surface area (TPSA) is 34.9 Å². The Morgan fingerprint density at radius 1 is 1.24 bits per heavy atom. The fraction of sp³-hybridized carbons (Fsp3) is 0.0667. The van der Waals surface area contributed by atoms with Crippen LogP contribution in [0.5, 0.6) is 0 Å². The highest BCUT2D eigenvalue weighted by Gasteiger charge is 2.14. The van der Waals surface area contributed by atoms with Gasteiger partial charge in [0, 0.05) is 10.7 Å². The summed E-state index contributed by atoms with van der Waals surface area (Å²) >= 11 is 8.45. The van der Waals surface area contributed by atoms with Crippen LogP contribution in [0.15, 0.2) is 44.8 Å². The second kappa shape index (κ2) is 5.87. The lowest BCUT2D eigenvalue weighted by Crippen LogP contribution is -1.97.